The van der Waals surface area contributed by atoms with Crippen LogP contribution in [-0.4, -0.2) is 22.4 Å². The maximum Gasteiger partial charge on any atom is 0.244 e. The van der Waals surface area contributed by atoms with E-state index in [-0.39, 0.29) is 11.7 Å². The first-order chi connectivity index (χ1) is 9.80. The molecule has 0 radical (unpaired) electrons. The summed E-state index contributed by atoms with van der Waals surface area (Å²) in [6.45, 7) is 0. The van der Waals surface area contributed by atoms with E-state index in [1.54, 1.807) is 11.3 Å². The van der Waals surface area contributed by atoms with Crippen LogP contribution in [0, 0.1) is 0 Å². The summed E-state index contributed by atoms with van der Waals surface area (Å²) in [5.41, 5.74) is 1.08. The molecule has 0 bridgehead atoms. The molecule has 1 N–H and O–H groups in total. The van der Waals surface area contributed by atoms with Crippen LogP contribution in [0.1, 0.15) is 63.1 Å². The van der Waals surface area contributed by atoms with Crippen LogP contribution in [0.4, 0.5) is 0 Å². The number of hydrogen-bond donors (Lipinski definition) is 1. The van der Waals surface area contributed by atoms with Crippen molar-refractivity contribution in [2.75, 3.05) is 0 Å². The molecule has 4 rings (SSSR count). The number of nitrogens with one attached hydrogen (secondary N) is 1. The average Bonchev–Trinajstić information content (AvgIpc) is 3.04. The van der Waals surface area contributed by atoms with Crippen molar-refractivity contribution < 1.29 is 4.79 Å². The van der Waals surface area contributed by atoms with Gasteiger partial charge in [-0.05, 0) is 48.1 Å². The zero-order valence-corrected chi connectivity index (χ0v) is 12.6. The molecule has 4 heteroatoms. The van der Waals surface area contributed by atoms with Gasteiger partial charge in [0.15, 0.2) is 0 Å². The van der Waals surface area contributed by atoms with Gasteiger partial charge < -0.3 is 4.90 Å². The summed E-state index contributed by atoms with van der Waals surface area (Å²) < 4.78 is 0. The third kappa shape index (κ3) is 2.01. The molecule has 2 heterocycles. The van der Waals surface area contributed by atoms with Crippen molar-refractivity contribution >= 4 is 17.2 Å². The SMILES string of the molecule is O=C1N(C2CCCCCC2)C(c2ccsc2)NC12CC2. The van der Waals surface area contributed by atoms with Crippen LogP contribution in [0.3, 0.4) is 0 Å². The van der Waals surface area contributed by atoms with Crippen LogP contribution in [-0.2, 0) is 4.79 Å². The highest BCUT2D eigenvalue weighted by Crippen LogP contribution is 2.48. The van der Waals surface area contributed by atoms with E-state index in [0.29, 0.717) is 11.9 Å². The fraction of sp³-hybridized carbons (Fsp3) is 0.688. The highest BCUT2D eigenvalue weighted by atomic mass is 32.1. The molecule has 3 fully saturated rings. The Bertz CT molecular complexity index is 487. The van der Waals surface area contributed by atoms with E-state index in [4.69, 9.17) is 0 Å². The summed E-state index contributed by atoms with van der Waals surface area (Å²) >= 11 is 1.72. The number of carbonyl (C=O) groups is 1. The van der Waals surface area contributed by atoms with Crippen LogP contribution in [0.5, 0.6) is 0 Å². The fourth-order valence-electron chi connectivity index (χ4n) is 3.83. The Labute approximate surface area is 124 Å². The van der Waals surface area contributed by atoms with E-state index < -0.39 is 0 Å². The normalized spacial score (nSPS) is 29.9. The van der Waals surface area contributed by atoms with E-state index >= 15 is 0 Å². The third-order valence-corrected chi connectivity index (χ3v) is 5.86. The third-order valence-electron chi connectivity index (χ3n) is 5.16. The second kappa shape index (κ2) is 4.85. The highest BCUT2D eigenvalue weighted by Gasteiger charge is 2.60. The van der Waals surface area contributed by atoms with E-state index in [9.17, 15) is 4.79 Å². The van der Waals surface area contributed by atoms with Crippen LogP contribution < -0.4 is 5.32 Å². The fourth-order valence-corrected chi connectivity index (χ4v) is 4.51. The minimum Gasteiger partial charge on any atom is -0.318 e. The lowest BCUT2D eigenvalue weighted by Crippen LogP contribution is -2.40. The van der Waals surface area contributed by atoms with E-state index in [1.807, 2.05) is 0 Å². The molecule has 0 aromatic carbocycles. The molecule has 1 saturated heterocycles. The van der Waals surface area contributed by atoms with Crippen LogP contribution in [0.25, 0.3) is 0 Å². The van der Waals surface area contributed by atoms with Gasteiger partial charge in [-0.15, -0.1) is 0 Å². The lowest BCUT2D eigenvalue weighted by atomic mass is 10.1. The van der Waals surface area contributed by atoms with Gasteiger partial charge in [-0.1, -0.05) is 25.7 Å². The standard InChI is InChI=1S/C16H22N2OS/c19-15-16(8-9-16)17-14(12-7-10-20-11-12)18(15)13-5-3-1-2-4-6-13/h7,10-11,13-14,17H,1-6,8-9H2. The lowest BCUT2D eigenvalue weighted by Gasteiger charge is -2.32. The molecule has 2 aliphatic carbocycles. The molecule has 1 atom stereocenters. The number of carbonyl (C=O) groups excluding carboxylic acids is 1. The largest absolute Gasteiger partial charge is 0.318 e. The van der Waals surface area contributed by atoms with Crippen LogP contribution in [0.2, 0.25) is 0 Å². The predicted octanol–water partition coefficient (Wildman–Crippen LogP) is 3.43. The number of hydrogen-bond acceptors (Lipinski definition) is 3. The number of thiophene rings is 1. The molecule has 1 spiro atoms. The summed E-state index contributed by atoms with van der Waals surface area (Å²) in [4.78, 5) is 15.1. The Morgan fingerprint density at radius 1 is 1.20 bits per heavy atom. The Kier molecular flexibility index (Phi) is 3.11. The van der Waals surface area contributed by atoms with Crippen molar-refractivity contribution in [3.63, 3.8) is 0 Å². The second-order valence-electron chi connectivity index (χ2n) is 6.54. The predicted molar refractivity (Wildman–Crippen MR) is 80.5 cm³/mol. The highest BCUT2D eigenvalue weighted by molar-refractivity contribution is 7.07. The molecule has 2 saturated carbocycles. The van der Waals surface area contributed by atoms with Gasteiger partial charge in [0.25, 0.3) is 0 Å². The lowest BCUT2D eigenvalue weighted by molar-refractivity contribution is -0.133. The Morgan fingerprint density at radius 2 is 1.95 bits per heavy atom. The minimum absolute atomic E-state index is 0.124. The van der Waals surface area contributed by atoms with Crippen molar-refractivity contribution in [3.05, 3.63) is 22.4 Å². The van der Waals surface area contributed by atoms with Gasteiger partial charge >= 0.3 is 0 Å². The summed E-state index contributed by atoms with van der Waals surface area (Å²) in [7, 11) is 0. The van der Waals surface area contributed by atoms with E-state index in [2.05, 4.69) is 27.0 Å². The summed E-state index contributed by atoms with van der Waals surface area (Å²) in [6.07, 6.45) is 9.76. The minimum atomic E-state index is -0.196. The zero-order chi connectivity index (χ0) is 13.6. The first-order valence-electron chi connectivity index (χ1n) is 7.93. The van der Waals surface area contributed by atoms with Gasteiger partial charge in [0.1, 0.15) is 11.7 Å². The smallest absolute Gasteiger partial charge is 0.244 e. The second-order valence-corrected chi connectivity index (χ2v) is 7.32. The van der Waals surface area contributed by atoms with Crippen molar-refractivity contribution in [1.29, 1.82) is 0 Å². The Hall–Kier alpha value is -0.870. The van der Waals surface area contributed by atoms with Crippen LogP contribution >= 0.6 is 11.3 Å². The van der Waals surface area contributed by atoms with Crippen molar-refractivity contribution in [2.24, 2.45) is 0 Å². The maximum atomic E-state index is 12.9. The molecule has 20 heavy (non-hydrogen) atoms. The maximum absolute atomic E-state index is 12.9. The van der Waals surface area contributed by atoms with Gasteiger partial charge in [-0.3, -0.25) is 10.1 Å². The molecule has 1 aliphatic heterocycles. The zero-order valence-electron chi connectivity index (χ0n) is 11.8. The molecule has 1 aromatic rings. The molecule has 3 nitrogen and oxygen atoms in total. The van der Waals surface area contributed by atoms with Crippen molar-refractivity contribution in [1.82, 2.24) is 10.2 Å². The summed E-state index contributed by atoms with van der Waals surface area (Å²) in [5.74, 6) is 0.376. The number of nitrogens with zero attached hydrogens (tertiary/aromatic N) is 1. The number of rotatable bonds is 2. The van der Waals surface area contributed by atoms with E-state index in [0.717, 1.165) is 12.8 Å². The van der Waals surface area contributed by atoms with Crippen LogP contribution in [0.15, 0.2) is 16.8 Å². The quantitative estimate of drug-likeness (QED) is 0.846. The topological polar surface area (TPSA) is 32.3 Å². The Balaban J connectivity index is 1.64. The summed E-state index contributed by atoms with van der Waals surface area (Å²) in [5, 5.41) is 7.95. The number of amides is 1. The molecule has 3 aliphatic rings. The van der Waals surface area contributed by atoms with Gasteiger partial charge in [0.05, 0.1) is 0 Å². The first-order valence-corrected chi connectivity index (χ1v) is 8.87. The van der Waals surface area contributed by atoms with Gasteiger partial charge in [0, 0.05) is 6.04 Å². The van der Waals surface area contributed by atoms with E-state index in [1.165, 1.54) is 44.1 Å². The molecule has 108 valence electrons. The molecule has 1 amide bonds. The Morgan fingerprint density at radius 3 is 2.55 bits per heavy atom. The molecule has 1 aromatic heterocycles. The molecular formula is C16H22N2OS. The van der Waals surface area contributed by atoms with Gasteiger partial charge in [0.2, 0.25) is 5.91 Å². The average molecular weight is 290 g/mol. The summed E-state index contributed by atoms with van der Waals surface area (Å²) in [6, 6.07) is 2.61. The van der Waals surface area contributed by atoms with Gasteiger partial charge in [-0.25, -0.2) is 0 Å². The molecular weight excluding hydrogens is 268 g/mol. The first kappa shape index (κ1) is 12.8. The van der Waals surface area contributed by atoms with Gasteiger partial charge in [-0.2, -0.15) is 11.3 Å². The van der Waals surface area contributed by atoms with Crippen molar-refractivity contribution in [2.45, 2.75) is 69.1 Å². The monoisotopic (exact) mass is 290 g/mol. The van der Waals surface area contributed by atoms with Crippen molar-refractivity contribution in [3.8, 4) is 0 Å². The molecule has 1 unspecified atom stereocenters.